The first-order chi connectivity index (χ1) is 14.3. The number of carbonyl (C=O) groups excluding carboxylic acids is 1. The predicted molar refractivity (Wildman–Crippen MR) is 114 cm³/mol. The average molecular weight is 408 g/mol. The Hall–Kier alpha value is -3.68. The number of nitro benzene ring substituents is 1. The summed E-state index contributed by atoms with van der Waals surface area (Å²) in [4.78, 5) is 23.2. The van der Waals surface area contributed by atoms with Crippen molar-refractivity contribution in [2.75, 3.05) is 6.54 Å². The van der Waals surface area contributed by atoms with Crippen LogP contribution in [0.3, 0.4) is 0 Å². The first-order valence-electron chi connectivity index (χ1n) is 9.69. The Morgan fingerprint density at radius 1 is 1.17 bits per heavy atom. The lowest BCUT2D eigenvalue weighted by atomic mass is 10.2. The molecular weight excluding hydrogens is 384 g/mol. The lowest BCUT2D eigenvalue weighted by molar-refractivity contribution is -0.385. The van der Waals surface area contributed by atoms with Gasteiger partial charge in [0.1, 0.15) is 5.75 Å². The van der Waals surface area contributed by atoms with Crippen molar-refractivity contribution in [1.29, 1.82) is 0 Å². The third-order valence-electron chi connectivity index (χ3n) is 4.68. The molecule has 2 aromatic carbocycles. The number of aryl methyl sites for hydroxylation is 2. The highest BCUT2D eigenvalue weighted by molar-refractivity contribution is 5.94. The number of hydrogen-bond acceptors (Lipinski definition) is 5. The van der Waals surface area contributed by atoms with E-state index in [4.69, 9.17) is 4.74 Å². The van der Waals surface area contributed by atoms with Crippen molar-refractivity contribution in [2.45, 2.75) is 34.1 Å². The Balaban J connectivity index is 2.06. The van der Waals surface area contributed by atoms with Gasteiger partial charge in [0.2, 0.25) is 5.88 Å². The van der Waals surface area contributed by atoms with Crippen molar-refractivity contribution in [1.82, 2.24) is 15.1 Å². The van der Waals surface area contributed by atoms with E-state index in [-0.39, 0.29) is 17.3 Å². The van der Waals surface area contributed by atoms with Crippen molar-refractivity contribution >= 4 is 11.6 Å². The van der Waals surface area contributed by atoms with Crippen LogP contribution in [0.5, 0.6) is 11.6 Å². The molecule has 0 saturated carbocycles. The third-order valence-corrected chi connectivity index (χ3v) is 4.68. The van der Waals surface area contributed by atoms with Crippen LogP contribution in [0, 0.1) is 30.9 Å². The minimum absolute atomic E-state index is 0.0192. The molecule has 0 aliphatic heterocycles. The van der Waals surface area contributed by atoms with Crippen LogP contribution < -0.4 is 10.1 Å². The van der Waals surface area contributed by atoms with E-state index in [2.05, 4.69) is 10.4 Å². The maximum Gasteiger partial charge on any atom is 0.272 e. The van der Waals surface area contributed by atoms with Gasteiger partial charge < -0.3 is 10.1 Å². The maximum atomic E-state index is 12.6. The van der Waals surface area contributed by atoms with Crippen LogP contribution >= 0.6 is 0 Å². The fourth-order valence-electron chi connectivity index (χ4n) is 3.01. The van der Waals surface area contributed by atoms with Crippen LogP contribution in [-0.2, 0) is 0 Å². The van der Waals surface area contributed by atoms with E-state index in [9.17, 15) is 14.9 Å². The van der Waals surface area contributed by atoms with Crippen molar-refractivity contribution in [3.8, 4) is 17.3 Å². The maximum absolute atomic E-state index is 12.6. The Morgan fingerprint density at radius 3 is 2.47 bits per heavy atom. The van der Waals surface area contributed by atoms with Gasteiger partial charge in [-0.15, -0.1) is 0 Å². The zero-order valence-corrected chi connectivity index (χ0v) is 17.4. The van der Waals surface area contributed by atoms with Crippen LogP contribution in [0.4, 0.5) is 5.69 Å². The number of benzene rings is 2. The summed E-state index contributed by atoms with van der Waals surface area (Å²) in [7, 11) is 0. The van der Waals surface area contributed by atoms with Crippen LogP contribution in [-0.4, -0.2) is 27.2 Å². The van der Waals surface area contributed by atoms with Gasteiger partial charge in [0.15, 0.2) is 5.69 Å². The summed E-state index contributed by atoms with van der Waals surface area (Å²) in [6.07, 6.45) is 0.814. The molecule has 0 atom stereocenters. The number of ether oxygens (including phenoxy) is 1. The zero-order chi connectivity index (χ0) is 21.8. The fraction of sp³-hybridized carbons (Fsp3) is 0.273. The molecule has 0 aliphatic rings. The van der Waals surface area contributed by atoms with Gasteiger partial charge in [-0.05, 0) is 51.5 Å². The van der Waals surface area contributed by atoms with E-state index in [1.807, 2.05) is 38.1 Å². The number of carbonyl (C=O) groups is 1. The Bertz CT molecular complexity index is 1090. The van der Waals surface area contributed by atoms with E-state index < -0.39 is 4.92 Å². The molecule has 0 aliphatic carbocycles. The molecular formula is C22H24N4O4. The van der Waals surface area contributed by atoms with Gasteiger partial charge in [0.25, 0.3) is 11.6 Å². The molecule has 1 heterocycles. The molecule has 0 saturated heterocycles. The van der Waals surface area contributed by atoms with Gasteiger partial charge in [-0.2, -0.15) is 9.78 Å². The molecule has 0 radical (unpaired) electrons. The Labute approximate surface area is 174 Å². The lowest BCUT2D eigenvalue weighted by Gasteiger charge is -2.11. The monoisotopic (exact) mass is 408 g/mol. The summed E-state index contributed by atoms with van der Waals surface area (Å²) < 4.78 is 7.65. The Morgan fingerprint density at radius 2 is 1.87 bits per heavy atom. The normalized spacial score (nSPS) is 10.7. The van der Waals surface area contributed by atoms with E-state index in [1.165, 1.54) is 12.1 Å². The molecule has 0 bridgehead atoms. The van der Waals surface area contributed by atoms with Crippen LogP contribution in [0.25, 0.3) is 5.69 Å². The lowest BCUT2D eigenvalue weighted by Crippen LogP contribution is -2.25. The van der Waals surface area contributed by atoms with Gasteiger partial charge in [0.05, 0.1) is 10.6 Å². The number of hydrogen-bond donors (Lipinski definition) is 1. The summed E-state index contributed by atoms with van der Waals surface area (Å²) in [5.74, 6) is 0.536. The largest absolute Gasteiger partial charge is 0.439 e. The van der Waals surface area contributed by atoms with Gasteiger partial charge in [-0.1, -0.05) is 24.6 Å². The molecule has 8 heteroatoms. The molecule has 0 unspecified atom stereocenters. The SMILES string of the molecule is CCCNC(=O)c1nn(-c2ccc(C)cc2)c(Oc2ccc([N+](=O)[O-])c(C)c2)c1C. The molecule has 8 nitrogen and oxygen atoms in total. The quantitative estimate of drug-likeness (QED) is 0.454. The van der Waals surface area contributed by atoms with Crippen LogP contribution in [0.15, 0.2) is 42.5 Å². The number of nitrogens with zero attached hydrogens (tertiary/aromatic N) is 3. The second-order valence-electron chi connectivity index (χ2n) is 7.09. The topological polar surface area (TPSA) is 99.3 Å². The number of amides is 1. The zero-order valence-electron chi connectivity index (χ0n) is 17.4. The third kappa shape index (κ3) is 4.32. The highest BCUT2D eigenvalue weighted by Crippen LogP contribution is 2.32. The fourth-order valence-corrected chi connectivity index (χ4v) is 3.01. The number of aromatic nitrogens is 2. The molecule has 1 aromatic heterocycles. The van der Waals surface area contributed by atoms with E-state index in [0.717, 1.165) is 17.7 Å². The van der Waals surface area contributed by atoms with Gasteiger partial charge in [0, 0.05) is 23.7 Å². The van der Waals surface area contributed by atoms with Gasteiger partial charge in [-0.25, -0.2) is 0 Å². The number of rotatable bonds is 7. The number of nitro groups is 1. The van der Waals surface area contributed by atoms with E-state index in [1.54, 1.807) is 24.6 Å². The summed E-state index contributed by atoms with van der Waals surface area (Å²) in [6.45, 7) is 7.93. The van der Waals surface area contributed by atoms with E-state index in [0.29, 0.717) is 29.3 Å². The van der Waals surface area contributed by atoms with Crippen molar-refractivity contribution in [2.24, 2.45) is 0 Å². The summed E-state index contributed by atoms with van der Waals surface area (Å²) in [6, 6.07) is 12.2. The van der Waals surface area contributed by atoms with Crippen molar-refractivity contribution < 1.29 is 14.5 Å². The molecule has 0 fully saturated rings. The molecule has 30 heavy (non-hydrogen) atoms. The Kier molecular flexibility index (Phi) is 6.15. The molecule has 156 valence electrons. The van der Waals surface area contributed by atoms with E-state index >= 15 is 0 Å². The van der Waals surface area contributed by atoms with Gasteiger partial charge in [-0.3, -0.25) is 14.9 Å². The summed E-state index contributed by atoms with van der Waals surface area (Å²) in [5.41, 5.74) is 3.20. The minimum atomic E-state index is -0.433. The molecule has 1 N–H and O–H groups in total. The standard InChI is InChI=1S/C22H24N4O4/c1-5-12-23-21(27)20-16(4)22(25(24-20)17-8-6-14(2)7-9-17)30-18-10-11-19(26(28)29)15(3)13-18/h6-11,13H,5,12H2,1-4H3,(H,23,27). The first kappa shape index (κ1) is 21.0. The predicted octanol–water partition coefficient (Wildman–Crippen LogP) is 4.64. The second-order valence-corrected chi connectivity index (χ2v) is 7.09. The minimum Gasteiger partial charge on any atom is -0.439 e. The van der Waals surface area contributed by atoms with Crippen LogP contribution in [0.1, 0.15) is 40.5 Å². The molecule has 1 amide bonds. The average Bonchev–Trinajstić information content (AvgIpc) is 3.03. The van der Waals surface area contributed by atoms with Crippen molar-refractivity contribution in [3.63, 3.8) is 0 Å². The summed E-state index contributed by atoms with van der Waals surface area (Å²) >= 11 is 0. The highest BCUT2D eigenvalue weighted by atomic mass is 16.6. The van der Waals surface area contributed by atoms with Crippen LogP contribution in [0.2, 0.25) is 0 Å². The summed E-state index contributed by atoms with van der Waals surface area (Å²) in [5, 5.41) is 18.4. The molecule has 0 spiro atoms. The smallest absolute Gasteiger partial charge is 0.272 e. The molecule has 3 aromatic rings. The highest BCUT2D eigenvalue weighted by Gasteiger charge is 2.23. The van der Waals surface area contributed by atoms with Crippen molar-refractivity contribution in [3.05, 3.63) is 75.0 Å². The second kappa shape index (κ2) is 8.77. The number of nitrogens with one attached hydrogen (secondary N) is 1. The first-order valence-corrected chi connectivity index (χ1v) is 9.69. The van der Waals surface area contributed by atoms with Gasteiger partial charge >= 0.3 is 0 Å². The molecule has 3 rings (SSSR count).